The van der Waals surface area contributed by atoms with E-state index < -0.39 is 29.0 Å². The lowest BCUT2D eigenvalue weighted by atomic mass is 9.90. The fraction of sp³-hybridized carbons (Fsp3) is 0.636. The van der Waals surface area contributed by atoms with E-state index in [2.05, 4.69) is 0 Å². The van der Waals surface area contributed by atoms with E-state index in [1.54, 1.807) is 60.7 Å². The molecule has 0 saturated carbocycles. The molecule has 3 rings (SSSR count). The van der Waals surface area contributed by atoms with Crippen LogP contribution in [0.2, 0.25) is 0 Å². The van der Waals surface area contributed by atoms with E-state index in [0.717, 1.165) is 0 Å². The van der Waals surface area contributed by atoms with E-state index in [-0.39, 0.29) is 19.8 Å². The number of carbonyl (C=O) groups excluding carboxylic acids is 2. The summed E-state index contributed by atoms with van der Waals surface area (Å²) in [5.74, 6) is 0.945. The Labute approximate surface area is 182 Å². The number of aliphatic hydroxyl groups is 1. The van der Waals surface area contributed by atoms with Crippen LogP contribution >= 0.6 is 0 Å². The van der Waals surface area contributed by atoms with Gasteiger partial charge in [-0.1, -0.05) is 0 Å². The third-order valence-corrected chi connectivity index (χ3v) is 4.92. The highest BCUT2D eigenvalue weighted by molar-refractivity contribution is 5.89. The molecule has 2 aliphatic heterocycles. The highest BCUT2D eigenvalue weighted by Crippen LogP contribution is 2.45. The second-order valence-corrected chi connectivity index (χ2v) is 9.95. The van der Waals surface area contributed by atoms with Crippen molar-refractivity contribution in [1.29, 1.82) is 0 Å². The summed E-state index contributed by atoms with van der Waals surface area (Å²) in [6.45, 7) is 11.1. The second kappa shape index (κ2) is 7.78. The SMILES string of the molecule is CN(C(=O)OC(C)(C)C)c1cc2c(cc1C1(O)CCN(C(=O)OC(C)(C)C)C1)OCO2. The number of hydrogen-bond acceptors (Lipinski definition) is 7. The van der Waals surface area contributed by atoms with Gasteiger partial charge in [0, 0.05) is 25.2 Å². The molecule has 0 radical (unpaired) electrons. The Morgan fingerprint density at radius 1 is 1.06 bits per heavy atom. The molecule has 0 spiro atoms. The molecule has 31 heavy (non-hydrogen) atoms. The van der Waals surface area contributed by atoms with Crippen molar-refractivity contribution in [2.24, 2.45) is 0 Å². The first-order valence-electron chi connectivity index (χ1n) is 10.3. The van der Waals surface area contributed by atoms with Gasteiger partial charge in [0.1, 0.15) is 16.8 Å². The van der Waals surface area contributed by atoms with Crippen molar-refractivity contribution in [2.45, 2.75) is 64.8 Å². The number of amides is 2. The van der Waals surface area contributed by atoms with Crippen LogP contribution in [0.3, 0.4) is 0 Å². The molecule has 1 unspecified atom stereocenters. The Kier molecular flexibility index (Phi) is 5.77. The van der Waals surface area contributed by atoms with Gasteiger partial charge in [0.15, 0.2) is 11.5 Å². The maximum absolute atomic E-state index is 12.7. The Hall–Kier alpha value is -2.68. The molecule has 0 bridgehead atoms. The fourth-order valence-electron chi connectivity index (χ4n) is 3.51. The fourth-order valence-corrected chi connectivity index (χ4v) is 3.51. The van der Waals surface area contributed by atoms with Crippen molar-refractivity contribution in [3.8, 4) is 11.5 Å². The highest BCUT2D eigenvalue weighted by Gasteiger charge is 2.44. The molecule has 9 heteroatoms. The summed E-state index contributed by atoms with van der Waals surface area (Å²) in [6.07, 6.45) is -0.787. The summed E-state index contributed by atoms with van der Waals surface area (Å²) in [5.41, 5.74) is -1.84. The van der Waals surface area contributed by atoms with Crippen LogP contribution in [0.5, 0.6) is 11.5 Å². The average molecular weight is 437 g/mol. The zero-order chi connectivity index (χ0) is 23.2. The molecular formula is C22H32N2O7. The number of β-amino-alcohol motifs (C(OH)–C–C–N with tert-alkyl or cyclic N) is 1. The van der Waals surface area contributed by atoms with Crippen molar-refractivity contribution in [1.82, 2.24) is 4.90 Å². The van der Waals surface area contributed by atoms with Gasteiger partial charge in [-0.25, -0.2) is 9.59 Å². The summed E-state index contributed by atoms with van der Waals surface area (Å²) >= 11 is 0. The van der Waals surface area contributed by atoms with Crippen molar-refractivity contribution in [3.05, 3.63) is 17.7 Å². The van der Waals surface area contributed by atoms with Gasteiger partial charge in [0.05, 0.1) is 12.2 Å². The normalized spacial score (nSPS) is 20.6. The summed E-state index contributed by atoms with van der Waals surface area (Å²) in [4.78, 5) is 28.0. The van der Waals surface area contributed by atoms with Crippen LogP contribution in [0.1, 0.15) is 53.5 Å². The smallest absolute Gasteiger partial charge is 0.414 e. The maximum Gasteiger partial charge on any atom is 0.414 e. The van der Waals surface area contributed by atoms with Crippen LogP contribution in [0.15, 0.2) is 12.1 Å². The molecule has 2 aliphatic rings. The van der Waals surface area contributed by atoms with Gasteiger partial charge in [0.25, 0.3) is 0 Å². The minimum absolute atomic E-state index is 0.0245. The molecule has 1 atom stereocenters. The van der Waals surface area contributed by atoms with Crippen LogP contribution in [0.25, 0.3) is 0 Å². The quantitative estimate of drug-likeness (QED) is 0.756. The number of fused-ring (bicyclic) bond motifs is 1. The first-order valence-corrected chi connectivity index (χ1v) is 10.3. The maximum atomic E-state index is 12.7. The van der Waals surface area contributed by atoms with Crippen molar-refractivity contribution in [2.75, 3.05) is 31.8 Å². The van der Waals surface area contributed by atoms with Crippen molar-refractivity contribution < 1.29 is 33.6 Å². The monoisotopic (exact) mass is 436 g/mol. The third-order valence-electron chi connectivity index (χ3n) is 4.92. The molecule has 9 nitrogen and oxygen atoms in total. The zero-order valence-corrected chi connectivity index (χ0v) is 19.3. The van der Waals surface area contributed by atoms with Crippen LogP contribution in [-0.4, -0.2) is 60.3 Å². The van der Waals surface area contributed by atoms with Gasteiger partial charge in [-0.3, -0.25) is 4.90 Å². The summed E-state index contributed by atoms with van der Waals surface area (Å²) in [7, 11) is 1.57. The van der Waals surface area contributed by atoms with Crippen LogP contribution in [-0.2, 0) is 15.1 Å². The molecule has 1 N–H and O–H groups in total. The van der Waals surface area contributed by atoms with E-state index in [1.807, 2.05) is 0 Å². The standard InChI is InChI=1S/C22H32N2O7/c1-20(2,3)30-18(25)23(7)15-11-17-16(28-13-29-17)10-14(15)22(27)8-9-24(12-22)19(26)31-21(4,5)6/h10-11,27H,8-9,12-13H2,1-7H3. The number of benzene rings is 1. The van der Waals surface area contributed by atoms with E-state index in [4.69, 9.17) is 18.9 Å². The number of rotatable bonds is 2. The van der Waals surface area contributed by atoms with Gasteiger partial charge < -0.3 is 29.0 Å². The molecule has 0 aromatic heterocycles. The molecule has 1 saturated heterocycles. The number of anilines is 1. The van der Waals surface area contributed by atoms with Crippen LogP contribution in [0, 0.1) is 0 Å². The zero-order valence-electron chi connectivity index (χ0n) is 19.3. The Balaban J connectivity index is 1.93. The first-order chi connectivity index (χ1) is 14.2. The molecule has 2 amide bonds. The lowest BCUT2D eigenvalue weighted by Gasteiger charge is -2.31. The van der Waals surface area contributed by atoms with Crippen molar-refractivity contribution in [3.63, 3.8) is 0 Å². The minimum Gasteiger partial charge on any atom is -0.454 e. The number of likely N-dealkylation sites (tertiary alicyclic amines) is 1. The predicted molar refractivity (Wildman–Crippen MR) is 114 cm³/mol. The van der Waals surface area contributed by atoms with Gasteiger partial charge in [-0.2, -0.15) is 0 Å². The third kappa shape index (κ3) is 5.15. The minimum atomic E-state index is -1.40. The lowest BCUT2D eigenvalue weighted by molar-refractivity contribution is 0.0139. The molecule has 1 aromatic rings. The van der Waals surface area contributed by atoms with Gasteiger partial charge in [-0.15, -0.1) is 0 Å². The Morgan fingerprint density at radius 3 is 2.23 bits per heavy atom. The molecule has 1 fully saturated rings. The molecule has 1 aromatic carbocycles. The van der Waals surface area contributed by atoms with Crippen LogP contribution < -0.4 is 14.4 Å². The van der Waals surface area contributed by atoms with Gasteiger partial charge >= 0.3 is 12.2 Å². The Bertz CT molecular complexity index is 872. The molecule has 172 valence electrons. The largest absolute Gasteiger partial charge is 0.454 e. The van der Waals surface area contributed by atoms with Crippen molar-refractivity contribution >= 4 is 17.9 Å². The number of carbonyl (C=O) groups is 2. The predicted octanol–water partition coefficient (Wildman–Crippen LogP) is 3.62. The lowest BCUT2D eigenvalue weighted by Crippen LogP contribution is -2.39. The van der Waals surface area contributed by atoms with Gasteiger partial charge in [0.2, 0.25) is 6.79 Å². The number of nitrogens with zero attached hydrogens (tertiary/aromatic N) is 2. The second-order valence-electron chi connectivity index (χ2n) is 9.95. The topological polar surface area (TPSA) is 97.8 Å². The summed E-state index contributed by atoms with van der Waals surface area (Å²) in [6, 6.07) is 3.31. The summed E-state index contributed by atoms with van der Waals surface area (Å²) < 4.78 is 21.9. The number of hydrogen-bond donors (Lipinski definition) is 1. The first kappa shape index (κ1) is 23.0. The van der Waals surface area contributed by atoms with E-state index >= 15 is 0 Å². The average Bonchev–Trinajstić information content (AvgIpc) is 3.23. The van der Waals surface area contributed by atoms with E-state index in [1.165, 1.54) is 9.80 Å². The van der Waals surface area contributed by atoms with Gasteiger partial charge in [-0.05, 0) is 54.0 Å². The molecule has 2 heterocycles. The molecule has 0 aliphatic carbocycles. The Morgan fingerprint density at radius 2 is 1.65 bits per heavy atom. The van der Waals surface area contributed by atoms with E-state index in [9.17, 15) is 14.7 Å². The van der Waals surface area contributed by atoms with E-state index in [0.29, 0.717) is 29.3 Å². The summed E-state index contributed by atoms with van der Waals surface area (Å²) in [5, 5.41) is 11.5. The molecular weight excluding hydrogens is 404 g/mol. The van der Waals surface area contributed by atoms with Crippen LogP contribution in [0.4, 0.5) is 15.3 Å². The highest BCUT2D eigenvalue weighted by atomic mass is 16.7. The number of ether oxygens (including phenoxy) is 4.